The van der Waals surface area contributed by atoms with Crippen LogP contribution in [0, 0.1) is 11.8 Å². The zero-order valence-electron chi connectivity index (χ0n) is 10.7. The fraction of sp³-hybridized carbons (Fsp3) is 0.733. The maximum Gasteiger partial charge on any atom is -0.0122 e. The molecule has 0 aliphatic heterocycles. The Morgan fingerprint density at radius 3 is 2.73 bits per heavy atom. The molecule has 0 saturated heterocycles. The first kappa shape index (κ1) is 12.5. The van der Waals surface area contributed by atoms with Crippen molar-refractivity contribution < 1.29 is 0 Å². The van der Waals surface area contributed by atoms with Crippen molar-refractivity contribution in [2.45, 2.75) is 59.3 Å². The zero-order chi connectivity index (χ0) is 11.3. The van der Waals surface area contributed by atoms with Gasteiger partial charge in [0.05, 0.1) is 0 Å². The minimum Gasteiger partial charge on any atom is -0.0955 e. The fourth-order valence-corrected chi connectivity index (χ4v) is 2.47. The molecule has 0 bridgehead atoms. The number of allylic oxidation sites excluding steroid dienone is 3. The molecule has 0 aromatic heterocycles. The molecule has 1 fully saturated rings. The average Bonchev–Trinajstić information content (AvgIpc) is 2.22. The molecule has 15 heavy (non-hydrogen) atoms. The van der Waals surface area contributed by atoms with Gasteiger partial charge in [-0.1, -0.05) is 57.8 Å². The SMILES string of the molecule is C=C1CC(CCCCC(C)CC)C1=CC. The molecule has 0 N–H and O–H groups in total. The molecule has 1 rings (SSSR count). The highest BCUT2D eigenvalue weighted by molar-refractivity contribution is 5.40. The van der Waals surface area contributed by atoms with E-state index < -0.39 is 0 Å². The smallest absolute Gasteiger partial charge is 0.0122 e. The maximum absolute atomic E-state index is 4.06. The van der Waals surface area contributed by atoms with Crippen LogP contribution in [0.4, 0.5) is 0 Å². The average molecular weight is 206 g/mol. The van der Waals surface area contributed by atoms with Crippen molar-refractivity contribution in [3.8, 4) is 0 Å². The summed E-state index contributed by atoms with van der Waals surface area (Å²) in [5, 5.41) is 0. The quantitative estimate of drug-likeness (QED) is 0.529. The van der Waals surface area contributed by atoms with E-state index in [1.807, 2.05) is 0 Å². The Hall–Kier alpha value is -0.520. The minimum atomic E-state index is 0.847. The van der Waals surface area contributed by atoms with Crippen LogP contribution in [0.15, 0.2) is 23.8 Å². The lowest BCUT2D eigenvalue weighted by molar-refractivity contribution is 0.428. The Morgan fingerprint density at radius 1 is 1.47 bits per heavy atom. The molecule has 2 unspecified atom stereocenters. The number of rotatable bonds is 6. The molecule has 0 radical (unpaired) electrons. The van der Waals surface area contributed by atoms with E-state index in [2.05, 4.69) is 33.4 Å². The largest absolute Gasteiger partial charge is 0.0955 e. The molecule has 0 spiro atoms. The summed E-state index contributed by atoms with van der Waals surface area (Å²) in [6.45, 7) is 10.9. The van der Waals surface area contributed by atoms with Gasteiger partial charge >= 0.3 is 0 Å². The van der Waals surface area contributed by atoms with Crippen molar-refractivity contribution in [1.29, 1.82) is 0 Å². The molecule has 86 valence electrons. The molecule has 0 aromatic rings. The van der Waals surface area contributed by atoms with E-state index in [0.29, 0.717) is 0 Å². The predicted octanol–water partition coefficient (Wildman–Crippen LogP) is 5.12. The third kappa shape index (κ3) is 3.52. The van der Waals surface area contributed by atoms with E-state index in [4.69, 9.17) is 0 Å². The van der Waals surface area contributed by atoms with Gasteiger partial charge < -0.3 is 0 Å². The van der Waals surface area contributed by atoms with Gasteiger partial charge in [-0.15, -0.1) is 0 Å². The van der Waals surface area contributed by atoms with Gasteiger partial charge in [-0.2, -0.15) is 0 Å². The van der Waals surface area contributed by atoms with Crippen LogP contribution in [0.5, 0.6) is 0 Å². The predicted molar refractivity (Wildman–Crippen MR) is 68.9 cm³/mol. The van der Waals surface area contributed by atoms with Gasteiger partial charge in [-0.25, -0.2) is 0 Å². The first-order valence-corrected chi connectivity index (χ1v) is 6.53. The maximum atomic E-state index is 4.06. The fourth-order valence-electron chi connectivity index (χ4n) is 2.47. The van der Waals surface area contributed by atoms with Crippen molar-refractivity contribution in [1.82, 2.24) is 0 Å². The molecular formula is C15H26. The Balaban J connectivity index is 2.09. The van der Waals surface area contributed by atoms with Gasteiger partial charge in [-0.05, 0) is 37.2 Å². The first-order valence-electron chi connectivity index (χ1n) is 6.53. The molecule has 0 amide bonds. The van der Waals surface area contributed by atoms with Crippen molar-refractivity contribution in [3.05, 3.63) is 23.8 Å². The van der Waals surface area contributed by atoms with Crippen LogP contribution >= 0.6 is 0 Å². The van der Waals surface area contributed by atoms with Gasteiger partial charge in [0.15, 0.2) is 0 Å². The summed E-state index contributed by atoms with van der Waals surface area (Å²) in [5.41, 5.74) is 2.92. The highest BCUT2D eigenvalue weighted by Gasteiger charge is 2.26. The number of hydrogen-bond donors (Lipinski definition) is 0. The van der Waals surface area contributed by atoms with Gasteiger partial charge in [-0.3, -0.25) is 0 Å². The first-order chi connectivity index (χ1) is 7.19. The zero-order valence-corrected chi connectivity index (χ0v) is 10.7. The minimum absolute atomic E-state index is 0.847. The van der Waals surface area contributed by atoms with Gasteiger partial charge in [0.1, 0.15) is 0 Å². The van der Waals surface area contributed by atoms with Crippen molar-refractivity contribution >= 4 is 0 Å². The van der Waals surface area contributed by atoms with Gasteiger partial charge in [0, 0.05) is 0 Å². The van der Waals surface area contributed by atoms with Crippen LogP contribution in [0.1, 0.15) is 59.3 Å². The van der Waals surface area contributed by atoms with E-state index in [9.17, 15) is 0 Å². The Labute approximate surface area is 95.5 Å². The van der Waals surface area contributed by atoms with Crippen molar-refractivity contribution in [2.24, 2.45) is 11.8 Å². The van der Waals surface area contributed by atoms with E-state index in [1.54, 1.807) is 5.57 Å². The third-order valence-corrected chi connectivity index (χ3v) is 3.85. The number of hydrogen-bond acceptors (Lipinski definition) is 0. The molecule has 0 nitrogen and oxygen atoms in total. The molecule has 1 saturated carbocycles. The summed E-state index contributed by atoms with van der Waals surface area (Å²) in [6.07, 6.45) is 10.5. The lowest BCUT2D eigenvalue weighted by Crippen LogP contribution is -2.18. The second-order valence-corrected chi connectivity index (χ2v) is 5.05. The van der Waals surface area contributed by atoms with E-state index in [-0.39, 0.29) is 0 Å². The van der Waals surface area contributed by atoms with Gasteiger partial charge in [0.2, 0.25) is 0 Å². The molecule has 0 aromatic carbocycles. The third-order valence-electron chi connectivity index (χ3n) is 3.85. The van der Waals surface area contributed by atoms with Crippen LogP contribution in [0.2, 0.25) is 0 Å². The van der Waals surface area contributed by atoms with Crippen LogP contribution in [-0.4, -0.2) is 0 Å². The molecule has 0 heteroatoms. The van der Waals surface area contributed by atoms with Gasteiger partial charge in [0.25, 0.3) is 0 Å². The summed E-state index contributed by atoms with van der Waals surface area (Å²) >= 11 is 0. The van der Waals surface area contributed by atoms with E-state index in [0.717, 1.165) is 11.8 Å². The summed E-state index contributed by atoms with van der Waals surface area (Å²) in [6, 6.07) is 0. The normalized spacial score (nSPS) is 25.4. The Kier molecular flexibility index (Phi) is 5.14. The summed E-state index contributed by atoms with van der Waals surface area (Å²) in [7, 11) is 0. The van der Waals surface area contributed by atoms with Crippen LogP contribution < -0.4 is 0 Å². The monoisotopic (exact) mass is 206 g/mol. The van der Waals surface area contributed by atoms with Crippen LogP contribution in [-0.2, 0) is 0 Å². The highest BCUT2D eigenvalue weighted by Crippen LogP contribution is 2.41. The molecule has 1 aliphatic rings. The van der Waals surface area contributed by atoms with E-state index >= 15 is 0 Å². The summed E-state index contributed by atoms with van der Waals surface area (Å²) in [5.74, 6) is 1.77. The van der Waals surface area contributed by atoms with Crippen molar-refractivity contribution in [3.63, 3.8) is 0 Å². The molecule has 2 atom stereocenters. The van der Waals surface area contributed by atoms with Crippen LogP contribution in [0.25, 0.3) is 0 Å². The van der Waals surface area contributed by atoms with Crippen LogP contribution in [0.3, 0.4) is 0 Å². The lowest BCUT2D eigenvalue weighted by Gasteiger charge is -2.32. The highest BCUT2D eigenvalue weighted by atomic mass is 14.3. The summed E-state index contributed by atoms with van der Waals surface area (Å²) < 4.78 is 0. The standard InChI is InChI=1S/C15H26/c1-5-12(3)9-7-8-10-14-11-13(4)15(14)6-2/h6,12,14H,4-5,7-11H2,1-3H3. The second kappa shape index (κ2) is 6.15. The summed E-state index contributed by atoms with van der Waals surface area (Å²) in [4.78, 5) is 0. The second-order valence-electron chi connectivity index (χ2n) is 5.05. The topological polar surface area (TPSA) is 0 Å². The molecular weight excluding hydrogens is 180 g/mol. The molecule has 1 aliphatic carbocycles. The lowest BCUT2D eigenvalue weighted by atomic mass is 9.72. The Bertz CT molecular complexity index is 234. The van der Waals surface area contributed by atoms with E-state index in [1.165, 1.54) is 44.1 Å². The Morgan fingerprint density at radius 2 is 2.20 bits per heavy atom. The number of unbranched alkanes of at least 4 members (excludes halogenated alkanes) is 1. The van der Waals surface area contributed by atoms with Crippen molar-refractivity contribution in [2.75, 3.05) is 0 Å². The molecule has 0 heterocycles.